The smallest absolute Gasteiger partial charge is 0.326 e. The molecule has 3 N–H and O–H groups in total. The van der Waals surface area contributed by atoms with Gasteiger partial charge >= 0.3 is 18.0 Å². The van der Waals surface area contributed by atoms with Crippen LogP contribution in [0.15, 0.2) is 30.3 Å². The van der Waals surface area contributed by atoms with Crippen molar-refractivity contribution < 1.29 is 24.2 Å². The van der Waals surface area contributed by atoms with Crippen LogP contribution in [-0.2, 0) is 20.9 Å². The highest BCUT2D eigenvalue weighted by molar-refractivity contribution is 5.86. The second-order valence-electron chi connectivity index (χ2n) is 3.98. The summed E-state index contributed by atoms with van der Waals surface area (Å²) in [7, 11) is 1.15. The minimum Gasteiger partial charge on any atom is -0.480 e. The van der Waals surface area contributed by atoms with E-state index in [1.54, 1.807) is 0 Å². The molecule has 1 aromatic rings. The number of esters is 1. The number of hydrogen-bond donors (Lipinski definition) is 3. The Bertz CT molecular complexity index is 475. The zero-order chi connectivity index (χ0) is 15.0. The van der Waals surface area contributed by atoms with Gasteiger partial charge in [0, 0.05) is 6.54 Å². The Morgan fingerprint density at radius 1 is 1.25 bits per heavy atom. The molecule has 0 fully saturated rings. The highest BCUT2D eigenvalue weighted by Crippen LogP contribution is 1.98. The number of methoxy groups -OCH3 is 1. The van der Waals surface area contributed by atoms with Crippen LogP contribution in [0.25, 0.3) is 0 Å². The first kappa shape index (κ1) is 15.5. The highest BCUT2D eigenvalue weighted by atomic mass is 16.5. The predicted molar refractivity (Wildman–Crippen MR) is 69.9 cm³/mol. The van der Waals surface area contributed by atoms with E-state index in [2.05, 4.69) is 15.4 Å². The van der Waals surface area contributed by atoms with Crippen molar-refractivity contribution in [3.8, 4) is 0 Å². The number of carbonyl (C=O) groups excluding carboxylic acids is 2. The lowest BCUT2D eigenvalue weighted by molar-refractivity contribution is -0.147. The average molecular weight is 280 g/mol. The maximum atomic E-state index is 11.6. The molecule has 0 spiro atoms. The number of carboxylic acids is 1. The van der Waals surface area contributed by atoms with Crippen LogP contribution in [0.1, 0.15) is 12.0 Å². The van der Waals surface area contributed by atoms with Gasteiger partial charge in [0.15, 0.2) is 0 Å². The number of carboxylic acid groups (broad SMARTS) is 1. The molecular weight excluding hydrogens is 264 g/mol. The number of nitrogens with one attached hydrogen (secondary N) is 2. The molecule has 2 amide bonds. The van der Waals surface area contributed by atoms with Crippen molar-refractivity contribution in [1.29, 1.82) is 0 Å². The number of amides is 2. The van der Waals surface area contributed by atoms with Gasteiger partial charge in [-0.05, 0) is 5.56 Å². The van der Waals surface area contributed by atoms with Crippen LogP contribution in [0, 0.1) is 0 Å². The van der Waals surface area contributed by atoms with Gasteiger partial charge in [-0.25, -0.2) is 9.59 Å². The highest BCUT2D eigenvalue weighted by Gasteiger charge is 2.23. The minimum atomic E-state index is -1.32. The van der Waals surface area contributed by atoms with Gasteiger partial charge < -0.3 is 20.5 Å². The SMILES string of the molecule is COC(=O)C[C@H](NC(=O)NCc1ccccc1)C(=O)O. The zero-order valence-electron chi connectivity index (χ0n) is 11.0. The molecule has 0 aromatic heterocycles. The summed E-state index contributed by atoms with van der Waals surface area (Å²) in [5.74, 6) is -2.01. The van der Waals surface area contributed by atoms with Gasteiger partial charge in [0.05, 0.1) is 13.5 Å². The molecule has 1 aromatic carbocycles. The molecule has 0 bridgehead atoms. The fourth-order valence-electron chi connectivity index (χ4n) is 1.44. The molecule has 1 atom stereocenters. The molecule has 0 saturated heterocycles. The average Bonchev–Trinajstić information content (AvgIpc) is 2.45. The summed E-state index contributed by atoms with van der Waals surface area (Å²) in [4.78, 5) is 33.5. The lowest BCUT2D eigenvalue weighted by atomic mass is 10.2. The van der Waals surface area contributed by atoms with Gasteiger partial charge in [0.1, 0.15) is 6.04 Å². The van der Waals surface area contributed by atoms with Crippen molar-refractivity contribution in [3.63, 3.8) is 0 Å². The normalized spacial score (nSPS) is 11.2. The predicted octanol–water partition coefficient (Wildman–Crippen LogP) is 0.502. The summed E-state index contributed by atoms with van der Waals surface area (Å²) in [5, 5.41) is 13.6. The topological polar surface area (TPSA) is 105 Å². The standard InChI is InChI=1S/C13H16N2O5/c1-20-11(16)7-10(12(17)18)15-13(19)14-8-9-5-3-2-4-6-9/h2-6,10H,7-8H2,1H3,(H,17,18)(H2,14,15,19)/t10-/m0/s1. The van der Waals surface area contributed by atoms with E-state index in [-0.39, 0.29) is 6.54 Å². The molecule has 0 aliphatic carbocycles. The number of rotatable bonds is 6. The van der Waals surface area contributed by atoms with Crippen LogP contribution in [0.5, 0.6) is 0 Å². The first-order valence-corrected chi connectivity index (χ1v) is 5.91. The van der Waals surface area contributed by atoms with Crippen molar-refractivity contribution in [2.75, 3.05) is 7.11 Å². The molecule has 0 aliphatic rings. The van der Waals surface area contributed by atoms with Gasteiger partial charge in [-0.2, -0.15) is 0 Å². The van der Waals surface area contributed by atoms with Crippen LogP contribution >= 0.6 is 0 Å². The fraction of sp³-hybridized carbons (Fsp3) is 0.308. The molecule has 7 heteroatoms. The fourth-order valence-corrected chi connectivity index (χ4v) is 1.44. The van der Waals surface area contributed by atoms with Gasteiger partial charge in [0.25, 0.3) is 0 Å². The van der Waals surface area contributed by atoms with E-state index in [1.807, 2.05) is 30.3 Å². The summed E-state index contributed by atoms with van der Waals surface area (Å²) >= 11 is 0. The molecule has 0 heterocycles. The summed E-state index contributed by atoms with van der Waals surface area (Å²) in [6, 6.07) is 7.16. The van der Waals surface area contributed by atoms with Crippen molar-refractivity contribution >= 4 is 18.0 Å². The second-order valence-corrected chi connectivity index (χ2v) is 3.98. The Labute approximate surface area is 115 Å². The summed E-state index contributed by atoms with van der Waals surface area (Å²) in [5.41, 5.74) is 0.877. The second kappa shape index (κ2) is 7.78. The van der Waals surface area contributed by atoms with Gasteiger partial charge in [0.2, 0.25) is 0 Å². The molecule has 1 rings (SSSR count). The Hall–Kier alpha value is -2.57. The number of benzene rings is 1. The Morgan fingerprint density at radius 2 is 1.90 bits per heavy atom. The molecule has 0 radical (unpaired) electrons. The number of urea groups is 1. The first-order chi connectivity index (χ1) is 9.52. The number of aliphatic carboxylic acids is 1. The molecule has 7 nitrogen and oxygen atoms in total. The van der Waals surface area contributed by atoms with E-state index < -0.39 is 30.4 Å². The molecule has 20 heavy (non-hydrogen) atoms. The van der Waals surface area contributed by atoms with E-state index in [0.717, 1.165) is 12.7 Å². The maximum Gasteiger partial charge on any atom is 0.326 e. The van der Waals surface area contributed by atoms with Crippen LogP contribution in [0.3, 0.4) is 0 Å². The summed E-state index contributed by atoms with van der Waals surface area (Å²) in [6.07, 6.45) is -0.426. The third-order valence-electron chi connectivity index (χ3n) is 2.50. The molecule has 0 aliphatic heterocycles. The number of ether oxygens (including phenoxy) is 1. The first-order valence-electron chi connectivity index (χ1n) is 5.91. The van der Waals surface area contributed by atoms with Crippen LogP contribution in [0.2, 0.25) is 0 Å². The maximum absolute atomic E-state index is 11.6. The van der Waals surface area contributed by atoms with Crippen molar-refractivity contribution in [1.82, 2.24) is 10.6 Å². The van der Waals surface area contributed by atoms with E-state index >= 15 is 0 Å². The van der Waals surface area contributed by atoms with Gasteiger partial charge in [-0.1, -0.05) is 30.3 Å². The lowest BCUT2D eigenvalue weighted by Gasteiger charge is -2.14. The van der Waals surface area contributed by atoms with E-state index in [9.17, 15) is 14.4 Å². The van der Waals surface area contributed by atoms with Crippen LogP contribution in [-0.4, -0.2) is 36.2 Å². The Balaban J connectivity index is 2.46. The van der Waals surface area contributed by atoms with Crippen molar-refractivity contribution in [2.24, 2.45) is 0 Å². The van der Waals surface area contributed by atoms with Gasteiger partial charge in [-0.15, -0.1) is 0 Å². The van der Waals surface area contributed by atoms with Crippen molar-refractivity contribution in [3.05, 3.63) is 35.9 Å². The molecule has 0 unspecified atom stereocenters. The lowest BCUT2D eigenvalue weighted by Crippen LogP contribution is -2.46. The van der Waals surface area contributed by atoms with Crippen LogP contribution < -0.4 is 10.6 Å². The molecule has 108 valence electrons. The van der Waals surface area contributed by atoms with E-state index in [1.165, 1.54) is 0 Å². The number of hydrogen-bond acceptors (Lipinski definition) is 4. The summed E-state index contributed by atoms with van der Waals surface area (Å²) < 4.78 is 4.37. The summed E-state index contributed by atoms with van der Waals surface area (Å²) in [6.45, 7) is 0.261. The third kappa shape index (κ3) is 5.38. The van der Waals surface area contributed by atoms with Gasteiger partial charge in [-0.3, -0.25) is 4.79 Å². The molecular formula is C13H16N2O5. The van der Waals surface area contributed by atoms with E-state index in [0.29, 0.717) is 0 Å². The third-order valence-corrected chi connectivity index (χ3v) is 2.50. The number of carbonyl (C=O) groups is 3. The Morgan fingerprint density at radius 3 is 2.45 bits per heavy atom. The quantitative estimate of drug-likeness (QED) is 0.658. The largest absolute Gasteiger partial charge is 0.480 e. The zero-order valence-corrected chi connectivity index (χ0v) is 11.0. The van der Waals surface area contributed by atoms with Crippen molar-refractivity contribution in [2.45, 2.75) is 19.0 Å². The monoisotopic (exact) mass is 280 g/mol. The molecule has 0 saturated carbocycles. The minimum absolute atomic E-state index is 0.261. The van der Waals surface area contributed by atoms with Crippen LogP contribution in [0.4, 0.5) is 4.79 Å². The Kier molecular flexibility index (Phi) is 6.02. The van der Waals surface area contributed by atoms with E-state index in [4.69, 9.17) is 5.11 Å².